The first-order valence-electron chi connectivity index (χ1n) is 14.0. The number of amides is 1. The van der Waals surface area contributed by atoms with E-state index in [0.29, 0.717) is 38.8 Å². The third-order valence-electron chi connectivity index (χ3n) is 8.18. The number of likely N-dealkylation sites (tertiary alicyclic amines) is 1. The van der Waals surface area contributed by atoms with Crippen LogP contribution in [0.5, 0.6) is 0 Å². The highest BCUT2D eigenvalue weighted by Crippen LogP contribution is 2.38. The molecule has 1 spiro atoms. The van der Waals surface area contributed by atoms with Crippen molar-refractivity contribution in [2.24, 2.45) is 5.41 Å². The minimum atomic E-state index is -1.18. The van der Waals surface area contributed by atoms with Crippen LogP contribution in [-0.4, -0.2) is 76.9 Å². The van der Waals surface area contributed by atoms with Crippen molar-refractivity contribution in [3.8, 4) is 0 Å². The summed E-state index contributed by atoms with van der Waals surface area (Å²) in [5, 5.41) is 21.0. The van der Waals surface area contributed by atoms with Crippen LogP contribution in [0.4, 0.5) is 0 Å². The standard InChI is InChI=1S/C31H42N2O5/c1-24-9-11-25(12-10-24)21-29(36)33-17-6-5-14-31(30(37)38-23-28(35)27(34)13-18-33)15-19-32(20-16-31)22-26-7-3-2-4-8-26/h2-4,7-12,27-28,34-35H,5-6,13-23H2,1H3/t27-,28+/m0/s1. The van der Waals surface area contributed by atoms with Crippen LogP contribution in [0.15, 0.2) is 54.6 Å². The number of ether oxygens (including phenoxy) is 1. The highest BCUT2D eigenvalue weighted by molar-refractivity contribution is 5.79. The maximum Gasteiger partial charge on any atom is 0.312 e. The molecule has 1 amide bonds. The molecule has 2 aromatic rings. The minimum absolute atomic E-state index is 0.0154. The van der Waals surface area contributed by atoms with Crippen LogP contribution >= 0.6 is 0 Å². The second-order valence-electron chi connectivity index (χ2n) is 11.1. The number of aliphatic hydroxyl groups is 2. The largest absolute Gasteiger partial charge is 0.462 e. The van der Waals surface area contributed by atoms with Gasteiger partial charge in [-0.1, -0.05) is 66.6 Å². The molecule has 38 heavy (non-hydrogen) atoms. The maximum absolute atomic E-state index is 13.3. The van der Waals surface area contributed by atoms with E-state index in [1.807, 2.05) is 49.4 Å². The number of aliphatic hydroxyl groups excluding tert-OH is 2. The Labute approximate surface area is 226 Å². The van der Waals surface area contributed by atoms with Gasteiger partial charge in [0.15, 0.2) is 0 Å². The molecule has 0 unspecified atom stereocenters. The van der Waals surface area contributed by atoms with E-state index in [-0.39, 0.29) is 24.9 Å². The monoisotopic (exact) mass is 522 g/mol. The van der Waals surface area contributed by atoms with Gasteiger partial charge in [0.05, 0.1) is 17.9 Å². The molecule has 7 heteroatoms. The molecule has 0 saturated carbocycles. The van der Waals surface area contributed by atoms with E-state index in [2.05, 4.69) is 17.0 Å². The molecule has 2 aromatic carbocycles. The average molecular weight is 523 g/mol. The van der Waals surface area contributed by atoms with Crippen LogP contribution in [0, 0.1) is 12.3 Å². The van der Waals surface area contributed by atoms with Gasteiger partial charge < -0.3 is 19.8 Å². The topological polar surface area (TPSA) is 90.3 Å². The van der Waals surface area contributed by atoms with E-state index in [1.165, 1.54) is 5.56 Å². The highest BCUT2D eigenvalue weighted by atomic mass is 16.5. The van der Waals surface area contributed by atoms with Gasteiger partial charge in [0, 0.05) is 19.6 Å². The number of hydrogen-bond donors (Lipinski definition) is 2. The van der Waals surface area contributed by atoms with E-state index < -0.39 is 17.6 Å². The fraction of sp³-hybridized carbons (Fsp3) is 0.548. The van der Waals surface area contributed by atoms with Gasteiger partial charge in [-0.3, -0.25) is 14.5 Å². The summed E-state index contributed by atoms with van der Waals surface area (Å²) in [4.78, 5) is 30.6. The van der Waals surface area contributed by atoms with Crippen LogP contribution in [-0.2, 0) is 27.3 Å². The SMILES string of the molecule is Cc1ccc(CC(=O)N2CCCCC3(CCN(Cc4ccccc4)CC3)C(=O)OC[C@@H](O)[C@@H](O)CC2)cc1. The van der Waals surface area contributed by atoms with E-state index in [0.717, 1.165) is 43.6 Å². The number of benzene rings is 2. The molecular formula is C31H42N2O5. The first-order chi connectivity index (χ1) is 18.3. The van der Waals surface area contributed by atoms with E-state index >= 15 is 0 Å². The Morgan fingerprint density at radius 3 is 2.32 bits per heavy atom. The van der Waals surface area contributed by atoms with Gasteiger partial charge in [0.1, 0.15) is 12.7 Å². The van der Waals surface area contributed by atoms with Crippen molar-refractivity contribution >= 4 is 11.9 Å². The Morgan fingerprint density at radius 2 is 1.61 bits per heavy atom. The third-order valence-corrected chi connectivity index (χ3v) is 8.18. The van der Waals surface area contributed by atoms with Crippen LogP contribution in [0.25, 0.3) is 0 Å². The Kier molecular flexibility index (Phi) is 9.94. The van der Waals surface area contributed by atoms with Gasteiger partial charge in [-0.2, -0.15) is 0 Å². The molecule has 7 nitrogen and oxygen atoms in total. The molecule has 0 aliphatic carbocycles. The van der Waals surface area contributed by atoms with Crippen molar-refractivity contribution in [2.75, 3.05) is 32.8 Å². The molecular weight excluding hydrogens is 480 g/mol. The average Bonchev–Trinajstić information content (AvgIpc) is 2.94. The van der Waals surface area contributed by atoms with Crippen molar-refractivity contribution in [3.05, 3.63) is 71.3 Å². The molecule has 4 rings (SSSR count). The number of piperidine rings is 1. The second-order valence-corrected chi connectivity index (χ2v) is 11.1. The lowest BCUT2D eigenvalue weighted by atomic mass is 9.74. The zero-order valence-electron chi connectivity index (χ0n) is 22.6. The number of hydrogen-bond acceptors (Lipinski definition) is 6. The summed E-state index contributed by atoms with van der Waals surface area (Å²) in [6.07, 6.45) is 1.99. The number of nitrogens with zero attached hydrogens (tertiary/aromatic N) is 2. The molecule has 206 valence electrons. The number of aryl methyl sites for hydroxylation is 1. The zero-order chi connectivity index (χ0) is 27.0. The Balaban J connectivity index is 1.40. The van der Waals surface area contributed by atoms with Crippen LogP contribution in [0.2, 0.25) is 0 Å². The predicted octanol–water partition coefficient (Wildman–Crippen LogP) is 3.49. The normalized spacial score (nSPS) is 23.7. The second kappa shape index (κ2) is 13.4. The van der Waals surface area contributed by atoms with Gasteiger partial charge in [-0.25, -0.2) is 0 Å². The van der Waals surface area contributed by atoms with Gasteiger partial charge in [0.25, 0.3) is 0 Å². The maximum atomic E-state index is 13.3. The fourth-order valence-corrected chi connectivity index (χ4v) is 5.56. The number of esters is 1. The molecule has 2 aliphatic rings. The van der Waals surface area contributed by atoms with Crippen LogP contribution in [0.3, 0.4) is 0 Å². The molecule has 2 heterocycles. The number of carbonyl (C=O) groups is 2. The Morgan fingerprint density at radius 1 is 0.895 bits per heavy atom. The quantitative estimate of drug-likeness (QED) is 0.598. The molecule has 2 fully saturated rings. The van der Waals surface area contributed by atoms with Crippen molar-refractivity contribution in [2.45, 2.75) is 70.6 Å². The van der Waals surface area contributed by atoms with Crippen molar-refractivity contribution in [1.82, 2.24) is 9.80 Å². The van der Waals surface area contributed by atoms with Gasteiger partial charge >= 0.3 is 5.97 Å². The molecule has 2 N–H and O–H groups in total. The smallest absolute Gasteiger partial charge is 0.312 e. The van der Waals surface area contributed by atoms with E-state index in [1.54, 1.807) is 4.90 Å². The van der Waals surface area contributed by atoms with Crippen molar-refractivity contribution < 1.29 is 24.5 Å². The Hall–Kier alpha value is -2.74. The minimum Gasteiger partial charge on any atom is -0.462 e. The molecule has 0 aromatic heterocycles. The molecule has 2 atom stereocenters. The lowest BCUT2D eigenvalue weighted by Crippen LogP contribution is -2.45. The van der Waals surface area contributed by atoms with Gasteiger partial charge in [-0.15, -0.1) is 0 Å². The molecule has 2 aliphatic heterocycles. The first kappa shape index (κ1) is 28.3. The lowest BCUT2D eigenvalue weighted by molar-refractivity contribution is -0.165. The highest BCUT2D eigenvalue weighted by Gasteiger charge is 2.42. The summed E-state index contributed by atoms with van der Waals surface area (Å²) in [5.41, 5.74) is 2.78. The fourth-order valence-electron chi connectivity index (χ4n) is 5.56. The van der Waals surface area contributed by atoms with E-state index in [9.17, 15) is 19.8 Å². The Bertz CT molecular complexity index is 1030. The summed E-state index contributed by atoms with van der Waals surface area (Å²) in [5.74, 6) is -0.253. The van der Waals surface area contributed by atoms with Gasteiger partial charge in [-0.05, 0) is 63.2 Å². The van der Waals surface area contributed by atoms with E-state index in [4.69, 9.17) is 4.74 Å². The first-order valence-corrected chi connectivity index (χ1v) is 14.0. The zero-order valence-corrected chi connectivity index (χ0v) is 22.6. The van der Waals surface area contributed by atoms with Gasteiger partial charge in [0.2, 0.25) is 5.91 Å². The number of cyclic esters (lactones) is 1. The molecule has 0 bridgehead atoms. The third kappa shape index (κ3) is 7.65. The number of carbonyl (C=O) groups excluding carboxylic acids is 2. The lowest BCUT2D eigenvalue weighted by Gasteiger charge is -2.40. The summed E-state index contributed by atoms with van der Waals surface area (Å²) in [6, 6.07) is 18.3. The molecule has 2 saturated heterocycles. The number of rotatable bonds is 4. The summed E-state index contributed by atoms with van der Waals surface area (Å²) in [6.45, 7) is 5.18. The predicted molar refractivity (Wildman–Crippen MR) is 146 cm³/mol. The van der Waals surface area contributed by atoms with Crippen LogP contribution < -0.4 is 0 Å². The summed E-state index contributed by atoms with van der Waals surface area (Å²) >= 11 is 0. The summed E-state index contributed by atoms with van der Waals surface area (Å²) < 4.78 is 5.60. The summed E-state index contributed by atoms with van der Waals surface area (Å²) in [7, 11) is 0. The van der Waals surface area contributed by atoms with Crippen molar-refractivity contribution in [3.63, 3.8) is 0 Å². The molecule has 0 radical (unpaired) electrons. The van der Waals surface area contributed by atoms with Crippen molar-refractivity contribution in [1.29, 1.82) is 0 Å². The van der Waals surface area contributed by atoms with Crippen LogP contribution in [0.1, 0.15) is 55.2 Å².